The van der Waals surface area contributed by atoms with Gasteiger partial charge >= 0.3 is 5.97 Å². The summed E-state index contributed by atoms with van der Waals surface area (Å²) in [5.74, 6) is -0.156. The van der Waals surface area contributed by atoms with Crippen LogP contribution in [0.25, 0.3) is 0 Å². The van der Waals surface area contributed by atoms with Crippen LogP contribution in [0.2, 0.25) is 0 Å². The number of nitrogens with one attached hydrogen (secondary N) is 1. The summed E-state index contributed by atoms with van der Waals surface area (Å²) in [7, 11) is 3.11. The Kier molecular flexibility index (Phi) is 6.55. The number of benzene rings is 1. The number of hydrogen-bond donors (Lipinski definition) is 1. The molecule has 0 bridgehead atoms. The molecule has 144 valence electrons. The van der Waals surface area contributed by atoms with Crippen molar-refractivity contribution < 1.29 is 19.1 Å². The molecule has 1 heterocycles. The number of methoxy groups -OCH3 is 1. The number of carbonyl (C=O) groups excluding carboxylic acids is 2. The van der Waals surface area contributed by atoms with Gasteiger partial charge < -0.3 is 14.8 Å². The summed E-state index contributed by atoms with van der Waals surface area (Å²) in [5, 5.41) is 2.49. The highest BCUT2D eigenvalue weighted by atomic mass is 16.5. The minimum atomic E-state index is -0.500. The van der Waals surface area contributed by atoms with E-state index in [1.165, 1.54) is 25.4 Å². The third-order valence-electron chi connectivity index (χ3n) is 3.97. The maximum Gasteiger partial charge on any atom is 0.338 e. The molecule has 0 fully saturated rings. The monoisotopic (exact) mass is 370 g/mol. The molecular formula is C21H26N2O4. The standard InChI is InChI=1S/C21H26N2O4/c1-21(2,3)13-18(14-7-6-8-16(11-14)26-5)27-20(25)15-9-10-23-17(12-15)19(24)22-4/h6-12,18H,13H2,1-5H3,(H,22,24). The predicted molar refractivity (Wildman–Crippen MR) is 103 cm³/mol. The lowest BCUT2D eigenvalue weighted by Crippen LogP contribution is -2.21. The van der Waals surface area contributed by atoms with E-state index in [0.717, 1.165) is 5.56 Å². The Bertz CT molecular complexity index is 812. The van der Waals surface area contributed by atoms with Crippen LogP contribution in [0, 0.1) is 5.41 Å². The molecule has 0 spiro atoms. The second-order valence-electron chi connectivity index (χ2n) is 7.44. The Hall–Kier alpha value is -2.89. The fourth-order valence-corrected chi connectivity index (χ4v) is 2.63. The molecule has 0 saturated carbocycles. The van der Waals surface area contributed by atoms with E-state index in [1.807, 2.05) is 24.3 Å². The van der Waals surface area contributed by atoms with Gasteiger partial charge in [0.2, 0.25) is 0 Å². The quantitative estimate of drug-likeness (QED) is 0.783. The lowest BCUT2D eigenvalue weighted by Gasteiger charge is -2.26. The fourth-order valence-electron chi connectivity index (χ4n) is 2.63. The summed E-state index contributed by atoms with van der Waals surface area (Å²) < 4.78 is 11.1. The molecule has 1 aromatic carbocycles. The molecule has 0 aliphatic carbocycles. The van der Waals surface area contributed by atoms with Crippen LogP contribution in [0.1, 0.15) is 59.7 Å². The van der Waals surface area contributed by atoms with E-state index >= 15 is 0 Å². The van der Waals surface area contributed by atoms with Crippen LogP contribution < -0.4 is 10.1 Å². The van der Waals surface area contributed by atoms with Crippen LogP contribution in [0.4, 0.5) is 0 Å². The Morgan fingerprint density at radius 3 is 2.56 bits per heavy atom. The Balaban J connectivity index is 2.29. The van der Waals surface area contributed by atoms with Crippen LogP contribution in [-0.2, 0) is 4.74 Å². The maximum atomic E-state index is 12.7. The van der Waals surface area contributed by atoms with E-state index in [-0.39, 0.29) is 22.6 Å². The molecule has 27 heavy (non-hydrogen) atoms. The van der Waals surface area contributed by atoms with E-state index in [2.05, 4.69) is 31.1 Å². The minimum absolute atomic E-state index is 0.0560. The van der Waals surface area contributed by atoms with Crippen LogP contribution in [0.3, 0.4) is 0 Å². The normalized spacial score (nSPS) is 12.2. The first-order chi connectivity index (χ1) is 12.7. The number of amides is 1. The number of pyridine rings is 1. The van der Waals surface area contributed by atoms with Crippen molar-refractivity contribution in [1.29, 1.82) is 0 Å². The van der Waals surface area contributed by atoms with E-state index in [9.17, 15) is 9.59 Å². The highest BCUT2D eigenvalue weighted by Crippen LogP contribution is 2.34. The van der Waals surface area contributed by atoms with Crippen molar-refractivity contribution in [3.8, 4) is 5.75 Å². The van der Waals surface area contributed by atoms with Gasteiger partial charge in [-0.15, -0.1) is 0 Å². The second-order valence-corrected chi connectivity index (χ2v) is 7.44. The number of carbonyl (C=O) groups is 2. The van der Waals surface area contributed by atoms with Crippen LogP contribution in [0.5, 0.6) is 5.75 Å². The van der Waals surface area contributed by atoms with Crippen LogP contribution in [-0.4, -0.2) is 31.0 Å². The first-order valence-corrected chi connectivity index (χ1v) is 8.76. The largest absolute Gasteiger partial charge is 0.497 e. The van der Waals surface area contributed by atoms with Gasteiger partial charge in [-0.1, -0.05) is 32.9 Å². The van der Waals surface area contributed by atoms with Crippen molar-refractivity contribution in [2.45, 2.75) is 33.3 Å². The van der Waals surface area contributed by atoms with Crippen molar-refractivity contribution in [1.82, 2.24) is 10.3 Å². The van der Waals surface area contributed by atoms with Gasteiger partial charge in [0.25, 0.3) is 5.91 Å². The maximum absolute atomic E-state index is 12.7. The summed E-state index contributed by atoms with van der Waals surface area (Å²) in [6.45, 7) is 6.26. The summed E-state index contributed by atoms with van der Waals surface area (Å²) in [4.78, 5) is 28.4. The van der Waals surface area contributed by atoms with Crippen molar-refractivity contribution in [3.63, 3.8) is 0 Å². The Morgan fingerprint density at radius 1 is 1.19 bits per heavy atom. The summed E-state index contributed by atoms with van der Waals surface area (Å²) in [5.41, 5.74) is 1.25. The van der Waals surface area contributed by atoms with E-state index < -0.39 is 12.1 Å². The number of esters is 1. The van der Waals surface area contributed by atoms with Crippen LogP contribution >= 0.6 is 0 Å². The van der Waals surface area contributed by atoms with Gasteiger partial charge in [0.15, 0.2) is 0 Å². The summed E-state index contributed by atoms with van der Waals surface area (Å²) in [6.07, 6.45) is 1.62. The van der Waals surface area contributed by atoms with Crippen molar-refractivity contribution in [2.24, 2.45) is 5.41 Å². The molecule has 6 heteroatoms. The van der Waals surface area contributed by atoms with Crippen LogP contribution in [0.15, 0.2) is 42.6 Å². The Morgan fingerprint density at radius 2 is 1.93 bits per heavy atom. The number of hydrogen-bond acceptors (Lipinski definition) is 5. The summed E-state index contributed by atoms with van der Waals surface area (Å²) >= 11 is 0. The zero-order valence-electron chi connectivity index (χ0n) is 16.4. The molecule has 2 aromatic rings. The minimum Gasteiger partial charge on any atom is -0.497 e. The van der Waals surface area contributed by atoms with Crippen molar-refractivity contribution in [3.05, 3.63) is 59.4 Å². The first-order valence-electron chi connectivity index (χ1n) is 8.76. The fraction of sp³-hybridized carbons (Fsp3) is 0.381. The van der Waals surface area contributed by atoms with E-state index in [0.29, 0.717) is 12.2 Å². The van der Waals surface area contributed by atoms with Gasteiger partial charge in [-0.3, -0.25) is 9.78 Å². The predicted octanol–water partition coefficient (Wildman–Crippen LogP) is 3.78. The van der Waals surface area contributed by atoms with E-state index in [1.54, 1.807) is 7.11 Å². The molecule has 6 nitrogen and oxygen atoms in total. The SMILES string of the molecule is CNC(=O)c1cc(C(=O)OC(CC(C)(C)C)c2cccc(OC)c2)ccn1. The molecule has 1 N–H and O–H groups in total. The lowest BCUT2D eigenvalue weighted by atomic mass is 9.86. The molecule has 0 aliphatic heterocycles. The van der Waals surface area contributed by atoms with Gasteiger partial charge in [-0.25, -0.2) is 4.79 Å². The number of nitrogens with zero attached hydrogens (tertiary/aromatic N) is 1. The third-order valence-corrected chi connectivity index (χ3v) is 3.97. The number of rotatable bonds is 6. The number of aromatic nitrogens is 1. The molecule has 1 atom stereocenters. The molecule has 1 unspecified atom stereocenters. The highest BCUT2D eigenvalue weighted by Gasteiger charge is 2.25. The van der Waals surface area contributed by atoms with Gasteiger partial charge in [0.1, 0.15) is 17.5 Å². The molecular weight excluding hydrogens is 344 g/mol. The topological polar surface area (TPSA) is 77.5 Å². The molecule has 0 aliphatic rings. The molecule has 0 radical (unpaired) electrons. The smallest absolute Gasteiger partial charge is 0.338 e. The zero-order valence-corrected chi connectivity index (χ0v) is 16.4. The zero-order chi connectivity index (χ0) is 20.0. The highest BCUT2D eigenvalue weighted by molar-refractivity contribution is 5.96. The molecule has 1 amide bonds. The Labute approximate surface area is 159 Å². The lowest BCUT2D eigenvalue weighted by molar-refractivity contribution is 0.0194. The third kappa shape index (κ3) is 5.81. The first kappa shape index (κ1) is 20.4. The molecule has 0 saturated heterocycles. The summed E-state index contributed by atoms with van der Waals surface area (Å²) in [6, 6.07) is 10.5. The van der Waals surface area contributed by atoms with Gasteiger partial charge in [-0.05, 0) is 41.7 Å². The average molecular weight is 370 g/mol. The second kappa shape index (κ2) is 8.66. The van der Waals surface area contributed by atoms with Crippen molar-refractivity contribution in [2.75, 3.05) is 14.2 Å². The van der Waals surface area contributed by atoms with E-state index in [4.69, 9.17) is 9.47 Å². The van der Waals surface area contributed by atoms with Gasteiger partial charge in [0.05, 0.1) is 12.7 Å². The van der Waals surface area contributed by atoms with Crippen molar-refractivity contribution >= 4 is 11.9 Å². The molecule has 1 aromatic heterocycles. The molecule has 2 rings (SSSR count). The van der Waals surface area contributed by atoms with Gasteiger partial charge in [-0.2, -0.15) is 0 Å². The van der Waals surface area contributed by atoms with Gasteiger partial charge in [0, 0.05) is 13.2 Å². The average Bonchev–Trinajstić information content (AvgIpc) is 2.65. The number of ether oxygens (including phenoxy) is 2.